The van der Waals surface area contributed by atoms with E-state index in [0.717, 1.165) is 5.69 Å². The zero-order valence-corrected chi connectivity index (χ0v) is 12.4. The van der Waals surface area contributed by atoms with Crippen molar-refractivity contribution in [1.82, 2.24) is 5.32 Å². The molecule has 0 heterocycles. The number of nitrogens with two attached hydrogens (primary N) is 1. The van der Waals surface area contributed by atoms with Crippen LogP contribution in [0.5, 0.6) is 0 Å². The number of anilines is 2. The Labute approximate surface area is 125 Å². The maximum Gasteiger partial charge on any atom is 0.251 e. The van der Waals surface area contributed by atoms with Crippen molar-refractivity contribution in [2.45, 2.75) is 20.4 Å². The highest BCUT2D eigenvalue weighted by molar-refractivity contribution is 5.96. The van der Waals surface area contributed by atoms with E-state index in [1.807, 2.05) is 19.1 Å². The largest absolute Gasteiger partial charge is 0.397 e. The van der Waals surface area contributed by atoms with Gasteiger partial charge in [0.2, 0.25) is 0 Å². The molecule has 0 spiro atoms. The number of rotatable bonds is 5. The number of carbonyl (C=O) groups excluding carboxylic acids is 1. The first-order valence-electron chi connectivity index (χ1n) is 7.07. The van der Waals surface area contributed by atoms with Crippen LogP contribution in [-0.4, -0.2) is 12.5 Å². The third-order valence-electron chi connectivity index (χ3n) is 3.22. The zero-order valence-electron chi connectivity index (χ0n) is 12.4. The Morgan fingerprint density at radius 1 is 1.19 bits per heavy atom. The third-order valence-corrected chi connectivity index (χ3v) is 3.22. The number of aryl methyl sites for hydroxylation is 1. The first kappa shape index (κ1) is 14.9. The molecule has 0 radical (unpaired) electrons. The molecule has 0 bridgehead atoms. The van der Waals surface area contributed by atoms with E-state index in [2.05, 4.69) is 35.8 Å². The predicted octanol–water partition coefficient (Wildman–Crippen LogP) is 2.94. The molecule has 4 nitrogen and oxygen atoms in total. The molecular formula is C17H21N3O. The van der Waals surface area contributed by atoms with Crippen LogP contribution in [-0.2, 0) is 6.54 Å². The second-order valence-electron chi connectivity index (χ2n) is 5.00. The Morgan fingerprint density at radius 3 is 2.67 bits per heavy atom. The second-order valence-corrected chi connectivity index (χ2v) is 5.00. The van der Waals surface area contributed by atoms with E-state index >= 15 is 0 Å². The average Bonchev–Trinajstić information content (AvgIpc) is 2.46. The van der Waals surface area contributed by atoms with Crippen LogP contribution in [0.1, 0.15) is 28.4 Å². The Balaban J connectivity index is 2.06. The highest BCUT2D eigenvalue weighted by Gasteiger charge is 2.07. The van der Waals surface area contributed by atoms with Crippen LogP contribution in [0.4, 0.5) is 11.4 Å². The minimum Gasteiger partial charge on any atom is -0.397 e. The molecule has 110 valence electrons. The van der Waals surface area contributed by atoms with Crippen LogP contribution in [0.2, 0.25) is 0 Å². The van der Waals surface area contributed by atoms with Crippen molar-refractivity contribution >= 4 is 17.3 Å². The summed E-state index contributed by atoms with van der Waals surface area (Å²) in [6, 6.07) is 13.6. The molecule has 0 unspecified atom stereocenters. The van der Waals surface area contributed by atoms with Crippen molar-refractivity contribution in [3.8, 4) is 0 Å². The smallest absolute Gasteiger partial charge is 0.251 e. The van der Waals surface area contributed by atoms with Gasteiger partial charge in [-0.15, -0.1) is 0 Å². The lowest BCUT2D eigenvalue weighted by Gasteiger charge is -2.11. The first-order valence-corrected chi connectivity index (χ1v) is 7.07. The lowest BCUT2D eigenvalue weighted by Crippen LogP contribution is -2.22. The van der Waals surface area contributed by atoms with E-state index in [0.29, 0.717) is 24.3 Å². The first-order chi connectivity index (χ1) is 10.1. The van der Waals surface area contributed by atoms with Crippen LogP contribution < -0.4 is 16.4 Å². The van der Waals surface area contributed by atoms with E-state index in [1.54, 1.807) is 12.1 Å². The molecule has 4 N–H and O–H groups in total. The van der Waals surface area contributed by atoms with Crippen molar-refractivity contribution < 1.29 is 4.79 Å². The Hall–Kier alpha value is -2.49. The number of carbonyl (C=O) groups is 1. The molecule has 0 aliphatic carbocycles. The van der Waals surface area contributed by atoms with Crippen molar-refractivity contribution in [2.24, 2.45) is 0 Å². The number of benzene rings is 2. The van der Waals surface area contributed by atoms with Crippen LogP contribution in [0.15, 0.2) is 42.5 Å². The van der Waals surface area contributed by atoms with E-state index in [9.17, 15) is 4.79 Å². The van der Waals surface area contributed by atoms with Gasteiger partial charge in [-0.2, -0.15) is 0 Å². The van der Waals surface area contributed by atoms with Gasteiger partial charge in [0.05, 0.1) is 11.4 Å². The maximum absolute atomic E-state index is 11.7. The van der Waals surface area contributed by atoms with Gasteiger partial charge in [0.15, 0.2) is 0 Å². The van der Waals surface area contributed by atoms with E-state index in [-0.39, 0.29) is 5.91 Å². The summed E-state index contributed by atoms with van der Waals surface area (Å²) in [4.78, 5) is 11.7. The van der Waals surface area contributed by atoms with Gasteiger partial charge in [-0.05, 0) is 37.6 Å². The summed E-state index contributed by atoms with van der Waals surface area (Å²) in [6.07, 6.45) is 0. The monoisotopic (exact) mass is 283 g/mol. The summed E-state index contributed by atoms with van der Waals surface area (Å²) in [5.74, 6) is -0.102. The van der Waals surface area contributed by atoms with E-state index in [4.69, 9.17) is 5.73 Å². The molecule has 0 aliphatic rings. The fraction of sp³-hybridized carbons (Fsp3) is 0.235. The van der Waals surface area contributed by atoms with Crippen LogP contribution in [0, 0.1) is 6.92 Å². The summed E-state index contributed by atoms with van der Waals surface area (Å²) >= 11 is 0. The summed E-state index contributed by atoms with van der Waals surface area (Å²) < 4.78 is 0. The van der Waals surface area contributed by atoms with Crippen molar-refractivity contribution in [3.05, 3.63) is 59.2 Å². The zero-order chi connectivity index (χ0) is 15.2. The Bertz CT molecular complexity index is 638. The maximum atomic E-state index is 11.7. The van der Waals surface area contributed by atoms with Gasteiger partial charge in [0.1, 0.15) is 0 Å². The molecule has 0 fully saturated rings. The number of hydrogen-bond donors (Lipinski definition) is 3. The molecule has 2 aromatic carbocycles. The molecule has 21 heavy (non-hydrogen) atoms. The number of hydrogen-bond acceptors (Lipinski definition) is 3. The van der Waals surface area contributed by atoms with Crippen LogP contribution in [0.3, 0.4) is 0 Å². The number of nitrogen functional groups attached to an aromatic ring is 1. The minimum atomic E-state index is -0.102. The van der Waals surface area contributed by atoms with E-state index in [1.165, 1.54) is 11.1 Å². The average molecular weight is 283 g/mol. The SMILES string of the molecule is CCNC(=O)c1ccc(NCc2cccc(C)c2)c(N)c1. The van der Waals surface area contributed by atoms with Crippen molar-refractivity contribution in [1.29, 1.82) is 0 Å². The molecule has 0 aliphatic heterocycles. The lowest BCUT2D eigenvalue weighted by molar-refractivity contribution is 0.0956. The summed E-state index contributed by atoms with van der Waals surface area (Å²) in [5, 5.41) is 6.06. The van der Waals surface area contributed by atoms with E-state index < -0.39 is 0 Å². The summed E-state index contributed by atoms with van der Waals surface area (Å²) in [5.41, 5.74) is 10.4. The molecule has 1 amide bonds. The minimum absolute atomic E-state index is 0.102. The fourth-order valence-corrected chi connectivity index (χ4v) is 2.15. The van der Waals surface area contributed by atoms with Crippen LogP contribution in [0.25, 0.3) is 0 Å². The standard InChI is InChI=1S/C17H21N3O/c1-3-19-17(21)14-7-8-16(15(18)10-14)20-11-13-6-4-5-12(2)9-13/h4-10,20H,3,11,18H2,1-2H3,(H,19,21). The molecule has 0 saturated carbocycles. The molecule has 2 aromatic rings. The highest BCUT2D eigenvalue weighted by atomic mass is 16.1. The fourth-order valence-electron chi connectivity index (χ4n) is 2.15. The van der Waals surface area contributed by atoms with Gasteiger partial charge >= 0.3 is 0 Å². The Morgan fingerprint density at radius 2 is 2.00 bits per heavy atom. The van der Waals surface area contributed by atoms with Crippen molar-refractivity contribution in [2.75, 3.05) is 17.6 Å². The molecule has 0 aromatic heterocycles. The lowest BCUT2D eigenvalue weighted by atomic mass is 10.1. The van der Waals surface area contributed by atoms with Gasteiger partial charge in [-0.25, -0.2) is 0 Å². The molecule has 0 atom stereocenters. The number of amides is 1. The quantitative estimate of drug-likeness (QED) is 0.739. The topological polar surface area (TPSA) is 67.2 Å². The molecule has 0 saturated heterocycles. The number of nitrogens with one attached hydrogen (secondary N) is 2. The normalized spacial score (nSPS) is 10.2. The second kappa shape index (κ2) is 6.79. The predicted molar refractivity (Wildman–Crippen MR) is 87.4 cm³/mol. The molecular weight excluding hydrogens is 262 g/mol. The van der Waals surface area contributed by atoms with Crippen LogP contribution >= 0.6 is 0 Å². The van der Waals surface area contributed by atoms with Gasteiger partial charge < -0.3 is 16.4 Å². The van der Waals surface area contributed by atoms with Crippen molar-refractivity contribution in [3.63, 3.8) is 0 Å². The molecule has 4 heteroatoms. The van der Waals surface area contributed by atoms with Gasteiger partial charge in [-0.3, -0.25) is 4.79 Å². The Kier molecular flexibility index (Phi) is 4.82. The van der Waals surface area contributed by atoms with Gasteiger partial charge in [0, 0.05) is 18.7 Å². The van der Waals surface area contributed by atoms with Gasteiger partial charge in [-0.1, -0.05) is 29.8 Å². The summed E-state index contributed by atoms with van der Waals surface area (Å²) in [7, 11) is 0. The third kappa shape index (κ3) is 3.99. The molecule has 2 rings (SSSR count). The van der Waals surface area contributed by atoms with Gasteiger partial charge in [0.25, 0.3) is 5.91 Å². The summed E-state index contributed by atoms with van der Waals surface area (Å²) in [6.45, 7) is 5.26. The highest BCUT2D eigenvalue weighted by Crippen LogP contribution is 2.21.